The first-order valence-electron chi connectivity index (χ1n) is 12.8. The summed E-state index contributed by atoms with van der Waals surface area (Å²) in [5.74, 6) is 1.76. The maximum absolute atomic E-state index is 6.13. The standard InChI is InChI=1S/C31H30N4OS/c1-21-16-17-26(22(2)19-21)32-30(37)29-28(23-11-5-3-6-12-23)25-15-9-10-18-34-27(33-35(29)31(25)34)20-36-24-13-7-4-8-14-24/h3-8,11-14,16-17,19H,9-10,15,18,20H2,1-2H3,(H,32,37). The Bertz CT molecular complexity index is 1580. The second-order valence-corrected chi connectivity index (χ2v) is 10.1. The first-order chi connectivity index (χ1) is 18.1. The van der Waals surface area contributed by atoms with Gasteiger partial charge in [-0.2, -0.15) is 0 Å². The van der Waals surface area contributed by atoms with Crippen molar-refractivity contribution in [3.63, 3.8) is 0 Å². The van der Waals surface area contributed by atoms with E-state index in [0.29, 0.717) is 11.6 Å². The van der Waals surface area contributed by atoms with Crippen molar-refractivity contribution >= 4 is 28.5 Å². The molecule has 0 bridgehead atoms. The average Bonchev–Trinajstić information content (AvgIpc) is 3.32. The van der Waals surface area contributed by atoms with Gasteiger partial charge in [0.05, 0.1) is 0 Å². The highest BCUT2D eigenvalue weighted by atomic mass is 32.1. The van der Waals surface area contributed by atoms with Crippen LogP contribution in [0.5, 0.6) is 5.75 Å². The lowest BCUT2D eigenvalue weighted by atomic mass is 9.98. The quantitative estimate of drug-likeness (QED) is 0.249. The second-order valence-electron chi connectivity index (χ2n) is 9.70. The van der Waals surface area contributed by atoms with E-state index in [4.69, 9.17) is 22.1 Å². The molecule has 6 heteroatoms. The van der Waals surface area contributed by atoms with E-state index >= 15 is 0 Å². The zero-order valence-corrected chi connectivity index (χ0v) is 22.0. The van der Waals surface area contributed by atoms with Gasteiger partial charge < -0.3 is 14.6 Å². The first-order valence-corrected chi connectivity index (χ1v) is 13.3. The Balaban J connectivity index is 1.50. The maximum atomic E-state index is 6.13. The third kappa shape index (κ3) is 4.42. The molecule has 5 aromatic rings. The lowest BCUT2D eigenvalue weighted by Crippen LogP contribution is -2.16. The molecule has 0 amide bonds. The summed E-state index contributed by atoms with van der Waals surface area (Å²) in [5.41, 5.74) is 9.13. The molecule has 0 fully saturated rings. The number of ether oxygens (including phenoxy) is 1. The van der Waals surface area contributed by atoms with Crippen molar-refractivity contribution in [1.82, 2.24) is 14.2 Å². The predicted molar refractivity (Wildman–Crippen MR) is 154 cm³/mol. The van der Waals surface area contributed by atoms with E-state index in [9.17, 15) is 0 Å². The molecule has 1 N–H and O–H groups in total. The third-order valence-corrected chi connectivity index (χ3v) is 7.38. The number of anilines is 1. The number of aromatic nitrogens is 3. The van der Waals surface area contributed by atoms with E-state index < -0.39 is 0 Å². The normalized spacial score (nSPS) is 12.9. The van der Waals surface area contributed by atoms with Crippen molar-refractivity contribution < 1.29 is 4.74 Å². The summed E-state index contributed by atoms with van der Waals surface area (Å²) in [6.07, 6.45) is 3.22. The number of nitrogens with zero attached hydrogens (tertiary/aromatic N) is 3. The molecule has 1 aliphatic rings. The fourth-order valence-corrected chi connectivity index (χ4v) is 5.63. The molecule has 0 radical (unpaired) electrons. The van der Waals surface area contributed by atoms with Crippen molar-refractivity contribution in [1.29, 1.82) is 0 Å². The zero-order valence-electron chi connectivity index (χ0n) is 21.2. The average molecular weight is 507 g/mol. The highest BCUT2D eigenvalue weighted by Gasteiger charge is 2.29. The van der Waals surface area contributed by atoms with E-state index in [0.717, 1.165) is 54.4 Å². The lowest BCUT2D eigenvalue weighted by molar-refractivity contribution is 0.288. The van der Waals surface area contributed by atoms with Crippen LogP contribution in [0.1, 0.15) is 41.1 Å². The van der Waals surface area contributed by atoms with Gasteiger partial charge in [-0.3, -0.25) is 0 Å². The van der Waals surface area contributed by atoms with Crippen LogP contribution in [-0.4, -0.2) is 19.2 Å². The smallest absolute Gasteiger partial charge is 0.169 e. The number of hydrogen-bond acceptors (Lipinski definition) is 3. The van der Waals surface area contributed by atoms with Crippen molar-refractivity contribution in [2.24, 2.45) is 0 Å². The molecule has 6 rings (SSSR count). The number of aryl methyl sites for hydroxylation is 4. The van der Waals surface area contributed by atoms with Gasteiger partial charge in [-0.1, -0.05) is 78.4 Å². The molecule has 1 aliphatic heterocycles. The maximum Gasteiger partial charge on any atom is 0.169 e. The minimum Gasteiger partial charge on any atom is -0.486 e. The van der Waals surface area contributed by atoms with Gasteiger partial charge in [-0.05, 0) is 62.4 Å². The van der Waals surface area contributed by atoms with Crippen LogP contribution in [0.2, 0.25) is 0 Å². The van der Waals surface area contributed by atoms with Crippen LogP contribution >= 0.6 is 12.2 Å². The molecule has 2 aromatic heterocycles. The zero-order chi connectivity index (χ0) is 25.4. The van der Waals surface area contributed by atoms with Crippen LogP contribution in [0.3, 0.4) is 0 Å². The van der Waals surface area contributed by atoms with Gasteiger partial charge in [-0.25, -0.2) is 4.52 Å². The molecule has 5 nitrogen and oxygen atoms in total. The minimum atomic E-state index is 0.405. The molecule has 0 saturated heterocycles. The number of hydrogen-bond donors (Lipinski definition) is 1. The van der Waals surface area contributed by atoms with Crippen molar-refractivity contribution in [3.05, 3.63) is 107 Å². The molecule has 0 saturated carbocycles. The van der Waals surface area contributed by atoms with Gasteiger partial charge in [0.1, 0.15) is 28.7 Å². The molecule has 0 unspecified atom stereocenters. The highest BCUT2D eigenvalue weighted by Crippen LogP contribution is 2.37. The summed E-state index contributed by atoms with van der Waals surface area (Å²) in [6.45, 7) is 5.54. The Morgan fingerprint density at radius 2 is 1.73 bits per heavy atom. The Labute approximate surface area is 222 Å². The van der Waals surface area contributed by atoms with Crippen molar-refractivity contribution in [2.45, 2.75) is 46.3 Å². The number of thiocarbonyl (C=S) groups is 1. The first kappa shape index (κ1) is 23.5. The number of benzene rings is 3. The Morgan fingerprint density at radius 1 is 0.973 bits per heavy atom. The fourth-order valence-electron chi connectivity index (χ4n) is 5.34. The summed E-state index contributed by atoms with van der Waals surface area (Å²) >= 11 is 6.11. The largest absolute Gasteiger partial charge is 0.486 e. The summed E-state index contributed by atoms with van der Waals surface area (Å²) in [6, 6.07) is 26.9. The van der Waals surface area contributed by atoms with Crippen molar-refractivity contribution in [3.8, 4) is 16.9 Å². The van der Waals surface area contributed by atoms with E-state index in [1.165, 1.54) is 27.8 Å². The number of rotatable bonds is 6. The predicted octanol–water partition coefficient (Wildman–Crippen LogP) is 7.12. The molecule has 186 valence electrons. The summed E-state index contributed by atoms with van der Waals surface area (Å²) in [4.78, 5) is 0.674. The fraction of sp³-hybridized carbons (Fsp3) is 0.226. The molecular formula is C31H30N4OS. The van der Waals surface area contributed by atoms with Gasteiger partial charge in [0.15, 0.2) is 5.82 Å². The van der Waals surface area contributed by atoms with Gasteiger partial charge in [-0.15, -0.1) is 5.10 Å². The Kier molecular flexibility index (Phi) is 6.26. The molecule has 37 heavy (non-hydrogen) atoms. The molecule has 0 aliphatic carbocycles. The number of para-hydroxylation sites is 1. The van der Waals surface area contributed by atoms with Crippen molar-refractivity contribution in [2.75, 3.05) is 5.32 Å². The van der Waals surface area contributed by atoms with Gasteiger partial charge in [0.2, 0.25) is 0 Å². The SMILES string of the molecule is Cc1ccc(NC(=S)c2c(-c3ccccc3)c3c4n(c(COc5ccccc5)nn24)CCCC3)c(C)c1. The Morgan fingerprint density at radius 3 is 2.49 bits per heavy atom. The summed E-state index contributed by atoms with van der Waals surface area (Å²) < 4.78 is 10.5. The van der Waals surface area contributed by atoms with E-state index in [1.54, 1.807) is 0 Å². The third-order valence-electron chi connectivity index (χ3n) is 7.08. The highest BCUT2D eigenvalue weighted by molar-refractivity contribution is 7.81. The van der Waals surface area contributed by atoms with Gasteiger partial charge in [0, 0.05) is 23.4 Å². The summed E-state index contributed by atoms with van der Waals surface area (Å²) in [5, 5.41) is 8.66. The van der Waals surface area contributed by atoms with Crippen LogP contribution in [0.4, 0.5) is 5.69 Å². The second kappa shape index (κ2) is 9.87. The number of nitrogens with one attached hydrogen (secondary N) is 1. The van der Waals surface area contributed by atoms with Crippen LogP contribution in [0.25, 0.3) is 16.8 Å². The lowest BCUT2D eigenvalue weighted by Gasteiger charge is -2.13. The van der Waals surface area contributed by atoms with Crippen LogP contribution in [0.15, 0.2) is 78.9 Å². The van der Waals surface area contributed by atoms with E-state index in [-0.39, 0.29) is 0 Å². The van der Waals surface area contributed by atoms with Crippen LogP contribution < -0.4 is 10.1 Å². The van der Waals surface area contributed by atoms with Crippen LogP contribution in [0, 0.1) is 13.8 Å². The van der Waals surface area contributed by atoms with E-state index in [2.05, 4.69) is 76.8 Å². The molecule has 0 spiro atoms. The molecule has 3 heterocycles. The Hall–Kier alpha value is -3.90. The minimum absolute atomic E-state index is 0.405. The molecule has 3 aromatic carbocycles. The van der Waals surface area contributed by atoms with Crippen LogP contribution in [-0.2, 0) is 19.6 Å². The van der Waals surface area contributed by atoms with Gasteiger partial charge in [0.25, 0.3) is 0 Å². The van der Waals surface area contributed by atoms with E-state index in [1.807, 2.05) is 30.3 Å². The summed E-state index contributed by atoms with van der Waals surface area (Å²) in [7, 11) is 0. The topological polar surface area (TPSA) is 43.5 Å². The monoisotopic (exact) mass is 506 g/mol. The van der Waals surface area contributed by atoms with Gasteiger partial charge >= 0.3 is 0 Å². The molecular weight excluding hydrogens is 476 g/mol. The molecule has 0 atom stereocenters.